The first-order valence-corrected chi connectivity index (χ1v) is 11.0. The van der Waals surface area contributed by atoms with Crippen molar-refractivity contribution >= 4 is 42.3 Å². The molecular formula is C19H28N6O7S. The topological polar surface area (TPSA) is 208 Å². The molecule has 182 valence electrons. The van der Waals surface area contributed by atoms with E-state index in [9.17, 15) is 24.0 Å². The van der Waals surface area contributed by atoms with E-state index >= 15 is 0 Å². The number of carboxylic acids is 2. The molecule has 0 radical (unpaired) electrons. The Balaban J connectivity index is 2.07. The van der Waals surface area contributed by atoms with E-state index in [-0.39, 0.29) is 18.6 Å². The van der Waals surface area contributed by atoms with Gasteiger partial charge in [-0.2, -0.15) is 12.6 Å². The van der Waals surface area contributed by atoms with Gasteiger partial charge in [-0.3, -0.25) is 19.2 Å². The Morgan fingerprint density at radius 1 is 1.24 bits per heavy atom. The van der Waals surface area contributed by atoms with E-state index in [1.54, 1.807) is 6.20 Å². The summed E-state index contributed by atoms with van der Waals surface area (Å²) in [6.45, 7) is 0.306. The standard InChI is InChI=1S/C19H28N6O7S/c20-11(6-10-7-21-9-22-10)18(30)25-5-1-2-14(25)17(29)23-12(3-4-15(26)27)16(28)24-13(8-33)19(31)32/h7,9,11-14,33H,1-6,8,20H2,(H,21,22)(H,23,29)(H,24,28)(H,26,27)(H,31,32). The third kappa shape index (κ3) is 7.46. The lowest BCUT2D eigenvalue weighted by Crippen LogP contribution is -2.57. The zero-order valence-electron chi connectivity index (χ0n) is 17.8. The van der Waals surface area contributed by atoms with Gasteiger partial charge in [-0.05, 0) is 19.3 Å². The van der Waals surface area contributed by atoms with Crippen LogP contribution in [0.1, 0.15) is 31.4 Å². The fourth-order valence-corrected chi connectivity index (χ4v) is 3.75. The number of hydrogen-bond donors (Lipinski definition) is 7. The molecule has 1 saturated heterocycles. The van der Waals surface area contributed by atoms with Crippen molar-refractivity contribution < 1.29 is 34.2 Å². The van der Waals surface area contributed by atoms with E-state index in [1.165, 1.54) is 11.2 Å². The highest BCUT2D eigenvalue weighted by Crippen LogP contribution is 2.19. The van der Waals surface area contributed by atoms with Gasteiger partial charge in [-0.15, -0.1) is 0 Å². The Hall–Kier alpha value is -3.13. The normalized spacial score (nSPS) is 18.2. The van der Waals surface area contributed by atoms with Crippen LogP contribution >= 0.6 is 12.6 Å². The van der Waals surface area contributed by atoms with Crippen LogP contribution in [-0.4, -0.2) is 91.2 Å². The number of aromatic amines is 1. The van der Waals surface area contributed by atoms with Gasteiger partial charge in [-0.1, -0.05) is 0 Å². The minimum Gasteiger partial charge on any atom is -0.481 e. The Labute approximate surface area is 194 Å². The van der Waals surface area contributed by atoms with Crippen molar-refractivity contribution in [2.75, 3.05) is 12.3 Å². The quantitative estimate of drug-likeness (QED) is 0.165. The van der Waals surface area contributed by atoms with Crippen molar-refractivity contribution in [1.29, 1.82) is 0 Å². The molecule has 13 nitrogen and oxygen atoms in total. The first-order chi connectivity index (χ1) is 15.6. The number of carboxylic acid groups (broad SMARTS) is 2. The zero-order chi connectivity index (χ0) is 24.5. The molecule has 14 heteroatoms. The Morgan fingerprint density at radius 2 is 1.97 bits per heavy atom. The number of hydrogen-bond acceptors (Lipinski definition) is 8. The lowest BCUT2D eigenvalue weighted by Gasteiger charge is -2.28. The van der Waals surface area contributed by atoms with Gasteiger partial charge in [0.05, 0.1) is 12.4 Å². The van der Waals surface area contributed by atoms with Gasteiger partial charge < -0.3 is 36.5 Å². The number of thiol groups is 1. The van der Waals surface area contributed by atoms with Crippen molar-refractivity contribution in [2.24, 2.45) is 5.73 Å². The Kier molecular flexibility index (Phi) is 9.66. The van der Waals surface area contributed by atoms with Crippen LogP contribution in [0.4, 0.5) is 0 Å². The van der Waals surface area contributed by atoms with Crippen molar-refractivity contribution in [3.8, 4) is 0 Å². The van der Waals surface area contributed by atoms with Crippen molar-refractivity contribution in [3.63, 3.8) is 0 Å². The predicted molar refractivity (Wildman–Crippen MR) is 117 cm³/mol. The first-order valence-electron chi connectivity index (χ1n) is 10.3. The minimum absolute atomic E-state index is 0.195. The van der Waals surface area contributed by atoms with Crippen molar-refractivity contribution in [1.82, 2.24) is 25.5 Å². The highest BCUT2D eigenvalue weighted by molar-refractivity contribution is 7.80. The fourth-order valence-electron chi connectivity index (χ4n) is 3.50. The van der Waals surface area contributed by atoms with E-state index in [0.717, 1.165) is 0 Å². The zero-order valence-corrected chi connectivity index (χ0v) is 18.7. The van der Waals surface area contributed by atoms with Crippen LogP contribution in [0.25, 0.3) is 0 Å². The molecule has 7 N–H and O–H groups in total. The molecule has 0 spiro atoms. The minimum atomic E-state index is -1.32. The van der Waals surface area contributed by atoms with Gasteiger partial charge >= 0.3 is 11.9 Å². The molecule has 1 aliphatic rings. The van der Waals surface area contributed by atoms with Crippen LogP contribution in [0, 0.1) is 0 Å². The highest BCUT2D eigenvalue weighted by atomic mass is 32.1. The number of nitrogens with zero attached hydrogens (tertiary/aromatic N) is 2. The van der Waals surface area contributed by atoms with E-state index in [0.29, 0.717) is 25.1 Å². The van der Waals surface area contributed by atoms with Gasteiger partial charge in [0, 0.05) is 37.0 Å². The number of likely N-dealkylation sites (tertiary alicyclic amines) is 1. The van der Waals surface area contributed by atoms with Crippen LogP contribution in [-0.2, 0) is 30.4 Å². The van der Waals surface area contributed by atoms with Crippen LogP contribution in [0.5, 0.6) is 0 Å². The molecule has 33 heavy (non-hydrogen) atoms. The number of imidazole rings is 1. The van der Waals surface area contributed by atoms with Crippen LogP contribution in [0.3, 0.4) is 0 Å². The maximum atomic E-state index is 12.9. The largest absolute Gasteiger partial charge is 0.481 e. The summed E-state index contributed by atoms with van der Waals surface area (Å²) in [7, 11) is 0. The summed E-state index contributed by atoms with van der Waals surface area (Å²) >= 11 is 3.87. The van der Waals surface area contributed by atoms with Crippen LogP contribution in [0.2, 0.25) is 0 Å². The Morgan fingerprint density at radius 3 is 2.55 bits per heavy atom. The SMILES string of the molecule is NC(Cc1cnc[nH]1)C(=O)N1CCCC1C(=O)NC(CCC(=O)O)C(=O)NC(CS)C(=O)O. The number of rotatable bonds is 12. The smallest absolute Gasteiger partial charge is 0.327 e. The summed E-state index contributed by atoms with van der Waals surface area (Å²) in [5.74, 6) is -4.63. The summed E-state index contributed by atoms with van der Waals surface area (Å²) in [4.78, 5) is 68.5. The summed E-state index contributed by atoms with van der Waals surface area (Å²) in [6.07, 6.45) is 3.41. The predicted octanol–water partition coefficient (Wildman–Crippen LogP) is -1.88. The van der Waals surface area contributed by atoms with Crippen LogP contribution < -0.4 is 16.4 Å². The summed E-state index contributed by atoms with van der Waals surface area (Å²) in [6, 6.07) is -4.40. The van der Waals surface area contributed by atoms with Crippen molar-refractivity contribution in [3.05, 3.63) is 18.2 Å². The number of aromatic nitrogens is 2. The van der Waals surface area contributed by atoms with E-state index in [4.69, 9.17) is 15.9 Å². The Bertz CT molecular complexity index is 865. The van der Waals surface area contributed by atoms with Gasteiger partial charge in [0.2, 0.25) is 17.7 Å². The number of carbonyl (C=O) groups excluding carboxylic acids is 3. The molecule has 0 aliphatic carbocycles. The molecular weight excluding hydrogens is 456 g/mol. The van der Waals surface area contributed by atoms with Gasteiger partial charge in [0.1, 0.15) is 18.1 Å². The molecule has 1 fully saturated rings. The number of H-pyrrole nitrogens is 1. The second-order valence-electron chi connectivity index (χ2n) is 7.65. The molecule has 3 amide bonds. The van der Waals surface area contributed by atoms with E-state index < -0.39 is 60.2 Å². The van der Waals surface area contributed by atoms with E-state index in [2.05, 4.69) is 33.2 Å². The molecule has 1 aromatic heterocycles. The van der Waals surface area contributed by atoms with Gasteiger partial charge in [0.25, 0.3) is 0 Å². The average Bonchev–Trinajstić information content (AvgIpc) is 3.45. The molecule has 1 aliphatic heterocycles. The van der Waals surface area contributed by atoms with Gasteiger partial charge in [-0.25, -0.2) is 9.78 Å². The number of nitrogens with one attached hydrogen (secondary N) is 3. The van der Waals surface area contributed by atoms with E-state index in [1.807, 2.05) is 0 Å². The monoisotopic (exact) mass is 484 g/mol. The lowest BCUT2D eigenvalue weighted by atomic mass is 10.1. The molecule has 2 heterocycles. The molecule has 0 saturated carbocycles. The first kappa shape index (κ1) is 26.1. The highest BCUT2D eigenvalue weighted by Gasteiger charge is 2.38. The summed E-state index contributed by atoms with van der Waals surface area (Å²) in [5.41, 5.74) is 6.68. The molecule has 0 aromatic carbocycles. The second-order valence-corrected chi connectivity index (χ2v) is 8.02. The molecule has 2 rings (SSSR count). The average molecular weight is 485 g/mol. The molecule has 4 unspecified atom stereocenters. The molecule has 4 atom stereocenters. The van der Waals surface area contributed by atoms with Crippen LogP contribution in [0.15, 0.2) is 12.5 Å². The molecule has 0 bridgehead atoms. The van der Waals surface area contributed by atoms with Crippen molar-refractivity contribution in [2.45, 2.75) is 56.3 Å². The van der Waals surface area contributed by atoms with Gasteiger partial charge in [0.15, 0.2) is 0 Å². The number of amides is 3. The molecule has 1 aromatic rings. The second kappa shape index (κ2) is 12.2. The third-order valence-corrected chi connectivity index (χ3v) is 5.59. The number of carbonyl (C=O) groups is 5. The third-order valence-electron chi connectivity index (χ3n) is 5.23. The maximum absolute atomic E-state index is 12.9. The fraction of sp³-hybridized carbons (Fsp3) is 0.579. The lowest BCUT2D eigenvalue weighted by molar-refractivity contribution is -0.143. The summed E-state index contributed by atoms with van der Waals surface area (Å²) in [5, 5.41) is 22.8. The summed E-state index contributed by atoms with van der Waals surface area (Å²) < 4.78 is 0. The maximum Gasteiger partial charge on any atom is 0.327 e. The number of nitrogens with two attached hydrogens (primary N) is 1. The number of aliphatic carboxylic acids is 2.